The number of nitrogens with two attached hydrogens (primary N) is 1. The van der Waals surface area contributed by atoms with Crippen LogP contribution in [-0.2, 0) is 0 Å². The van der Waals surface area contributed by atoms with Crippen molar-refractivity contribution < 1.29 is 4.79 Å². The fourth-order valence-electron chi connectivity index (χ4n) is 2.81. The lowest BCUT2D eigenvalue weighted by Gasteiger charge is -2.29. The number of aromatic amines is 1. The Balaban J connectivity index is 1.78. The topological polar surface area (TPSA) is 70.9 Å². The lowest BCUT2D eigenvalue weighted by molar-refractivity contribution is 0.0917. The third-order valence-electron chi connectivity index (χ3n) is 3.96. The van der Waals surface area contributed by atoms with E-state index in [0.717, 1.165) is 36.6 Å². The highest BCUT2D eigenvalue weighted by Gasteiger charge is 2.24. The summed E-state index contributed by atoms with van der Waals surface area (Å²) in [7, 11) is 0. The number of carbonyl (C=O) groups excluding carboxylic acids is 1. The molecule has 1 aromatic carbocycles. The molecule has 106 valence electrons. The normalized spacial score (nSPS) is 22.9. The number of halogens is 1. The van der Waals surface area contributed by atoms with E-state index >= 15 is 0 Å². The van der Waals surface area contributed by atoms with Gasteiger partial charge < -0.3 is 16.0 Å². The van der Waals surface area contributed by atoms with Gasteiger partial charge in [0.2, 0.25) is 0 Å². The fraction of sp³-hybridized carbons (Fsp3) is 0.400. The van der Waals surface area contributed by atoms with E-state index in [1.165, 1.54) is 0 Å². The van der Waals surface area contributed by atoms with Crippen LogP contribution in [0.4, 0.5) is 0 Å². The van der Waals surface area contributed by atoms with E-state index in [4.69, 9.17) is 17.3 Å². The van der Waals surface area contributed by atoms with E-state index in [9.17, 15) is 4.79 Å². The molecule has 0 radical (unpaired) electrons. The molecule has 1 saturated carbocycles. The first-order valence-electron chi connectivity index (χ1n) is 6.98. The van der Waals surface area contributed by atoms with Crippen LogP contribution >= 0.6 is 11.6 Å². The number of amides is 1. The Hall–Kier alpha value is -1.52. The maximum atomic E-state index is 12.3. The van der Waals surface area contributed by atoms with Gasteiger partial charge in [0.15, 0.2) is 0 Å². The Morgan fingerprint density at radius 1 is 1.30 bits per heavy atom. The van der Waals surface area contributed by atoms with Gasteiger partial charge in [-0.3, -0.25) is 4.79 Å². The summed E-state index contributed by atoms with van der Waals surface area (Å²) in [5.41, 5.74) is 7.52. The second-order valence-corrected chi connectivity index (χ2v) is 5.88. The molecule has 20 heavy (non-hydrogen) atoms. The van der Waals surface area contributed by atoms with Crippen LogP contribution in [0.5, 0.6) is 0 Å². The monoisotopic (exact) mass is 291 g/mol. The molecule has 5 heteroatoms. The third-order valence-corrected chi connectivity index (χ3v) is 4.20. The zero-order chi connectivity index (χ0) is 14.1. The number of nitrogens with one attached hydrogen (secondary N) is 2. The molecule has 1 aliphatic rings. The van der Waals surface area contributed by atoms with Gasteiger partial charge in [-0.05, 0) is 37.1 Å². The van der Waals surface area contributed by atoms with E-state index in [1.54, 1.807) is 6.07 Å². The number of hydrogen-bond donors (Lipinski definition) is 3. The van der Waals surface area contributed by atoms with Crippen molar-refractivity contribution in [3.63, 3.8) is 0 Å². The zero-order valence-corrected chi connectivity index (χ0v) is 11.9. The molecule has 1 heterocycles. The Bertz CT molecular complexity index is 637. The number of H-pyrrole nitrogens is 1. The molecule has 1 amide bonds. The van der Waals surface area contributed by atoms with Gasteiger partial charge in [-0.1, -0.05) is 24.4 Å². The number of carbonyl (C=O) groups is 1. The first-order valence-corrected chi connectivity index (χ1v) is 7.36. The van der Waals surface area contributed by atoms with Crippen molar-refractivity contribution in [1.82, 2.24) is 10.3 Å². The van der Waals surface area contributed by atoms with Crippen LogP contribution in [0, 0.1) is 0 Å². The Labute approximate surface area is 122 Å². The van der Waals surface area contributed by atoms with Crippen LogP contribution in [0.2, 0.25) is 5.02 Å². The van der Waals surface area contributed by atoms with Crippen LogP contribution in [-0.4, -0.2) is 23.0 Å². The van der Waals surface area contributed by atoms with Gasteiger partial charge in [0.1, 0.15) is 5.69 Å². The molecular formula is C15H18ClN3O. The Kier molecular flexibility index (Phi) is 3.68. The molecule has 0 bridgehead atoms. The molecule has 1 unspecified atom stereocenters. The Morgan fingerprint density at radius 2 is 2.10 bits per heavy atom. The molecule has 2 aromatic rings. The number of aromatic nitrogens is 1. The molecular weight excluding hydrogens is 274 g/mol. The lowest BCUT2D eigenvalue weighted by Crippen LogP contribution is -2.49. The predicted octanol–water partition coefficient (Wildman–Crippen LogP) is 2.82. The quantitative estimate of drug-likeness (QED) is 0.796. The van der Waals surface area contributed by atoms with Crippen molar-refractivity contribution in [3.05, 3.63) is 35.0 Å². The van der Waals surface area contributed by atoms with E-state index in [-0.39, 0.29) is 18.0 Å². The molecule has 1 fully saturated rings. The van der Waals surface area contributed by atoms with Gasteiger partial charge in [0, 0.05) is 28.0 Å². The first kappa shape index (κ1) is 13.5. The summed E-state index contributed by atoms with van der Waals surface area (Å²) >= 11 is 5.95. The highest BCUT2D eigenvalue weighted by Crippen LogP contribution is 2.21. The van der Waals surface area contributed by atoms with Crippen molar-refractivity contribution in [2.45, 2.75) is 37.8 Å². The highest BCUT2D eigenvalue weighted by atomic mass is 35.5. The highest BCUT2D eigenvalue weighted by molar-refractivity contribution is 6.31. The van der Waals surface area contributed by atoms with Gasteiger partial charge >= 0.3 is 0 Å². The average Bonchev–Trinajstić information content (AvgIpc) is 2.84. The minimum Gasteiger partial charge on any atom is -0.351 e. The number of rotatable bonds is 2. The van der Waals surface area contributed by atoms with E-state index in [2.05, 4.69) is 10.3 Å². The summed E-state index contributed by atoms with van der Waals surface area (Å²) in [6, 6.07) is 7.49. The van der Waals surface area contributed by atoms with Crippen molar-refractivity contribution in [2.24, 2.45) is 5.73 Å². The summed E-state index contributed by atoms with van der Waals surface area (Å²) in [4.78, 5) is 15.4. The molecule has 0 saturated heterocycles. The van der Waals surface area contributed by atoms with Crippen LogP contribution in [0.15, 0.2) is 24.3 Å². The van der Waals surface area contributed by atoms with Crippen LogP contribution in [0.3, 0.4) is 0 Å². The van der Waals surface area contributed by atoms with Crippen molar-refractivity contribution in [1.29, 1.82) is 0 Å². The summed E-state index contributed by atoms with van der Waals surface area (Å²) < 4.78 is 0. The number of benzene rings is 1. The molecule has 0 spiro atoms. The summed E-state index contributed by atoms with van der Waals surface area (Å²) in [6.07, 6.45) is 4.21. The second-order valence-electron chi connectivity index (χ2n) is 5.44. The summed E-state index contributed by atoms with van der Waals surface area (Å²) in [5, 5.41) is 4.64. The smallest absolute Gasteiger partial charge is 0.268 e. The SMILES string of the molecule is N[C@@H]1CCCCC1NC(=O)c1cc2cc(Cl)ccc2[nH]1. The molecule has 2 atom stereocenters. The fourth-order valence-corrected chi connectivity index (χ4v) is 2.99. The maximum absolute atomic E-state index is 12.3. The standard InChI is InChI=1S/C15H18ClN3O/c16-10-5-6-12-9(7-10)8-14(18-12)15(20)19-13-4-2-1-3-11(13)17/h5-8,11,13,18H,1-4,17H2,(H,19,20)/t11-,13?/m1/s1. The van der Waals surface area contributed by atoms with Crippen molar-refractivity contribution in [3.8, 4) is 0 Å². The van der Waals surface area contributed by atoms with E-state index < -0.39 is 0 Å². The van der Waals surface area contributed by atoms with Crippen LogP contribution in [0.1, 0.15) is 36.2 Å². The maximum Gasteiger partial charge on any atom is 0.268 e. The van der Waals surface area contributed by atoms with Crippen molar-refractivity contribution >= 4 is 28.4 Å². The van der Waals surface area contributed by atoms with Crippen molar-refractivity contribution in [2.75, 3.05) is 0 Å². The van der Waals surface area contributed by atoms with Gasteiger partial charge in [-0.15, -0.1) is 0 Å². The van der Waals surface area contributed by atoms with E-state index in [0.29, 0.717) is 10.7 Å². The van der Waals surface area contributed by atoms with Gasteiger partial charge in [0.05, 0.1) is 0 Å². The van der Waals surface area contributed by atoms with Gasteiger partial charge in [-0.25, -0.2) is 0 Å². The average molecular weight is 292 g/mol. The van der Waals surface area contributed by atoms with Crippen LogP contribution < -0.4 is 11.1 Å². The molecule has 4 N–H and O–H groups in total. The summed E-state index contributed by atoms with van der Waals surface area (Å²) in [5.74, 6) is -0.0975. The lowest BCUT2D eigenvalue weighted by atomic mass is 9.91. The third kappa shape index (κ3) is 2.67. The van der Waals surface area contributed by atoms with Crippen LogP contribution in [0.25, 0.3) is 10.9 Å². The minimum atomic E-state index is -0.0975. The number of fused-ring (bicyclic) bond motifs is 1. The molecule has 0 aliphatic heterocycles. The Morgan fingerprint density at radius 3 is 2.90 bits per heavy atom. The van der Waals surface area contributed by atoms with E-state index in [1.807, 2.05) is 18.2 Å². The molecule has 1 aromatic heterocycles. The van der Waals surface area contributed by atoms with Gasteiger partial charge in [0.25, 0.3) is 5.91 Å². The molecule has 1 aliphatic carbocycles. The van der Waals surface area contributed by atoms with Gasteiger partial charge in [-0.2, -0.15) is 0 Å². The zero-order valence-electron chi connectivity index (χ0n) is 11.2. The largest absolute Gasteiger partial charge is 0.351 e. The second kappa shape index (κ2) is 5.46. The minimum absolute atomic E-state index is 0.0616. The molecule has 4 nitrogen and oxygen atoms in total. The first-order chi connectivity index (χ1) is 9.63. The predicted molar refractivity (Wildman–Crippen MR) is 81.0 cm³/mol. The molecule has 3 rings (SSSR count). The number of hydrogen-bond acceptors (Lipinski definition) is 2. The summed E-state index contributed by atoms with van der Waals surface area (Å²) in [6.45, 7) is 0.